The van der Waals surface area contributed by atoms with Crippen LogP contribution in [0.25, 0.3) is 0 Å². The summed E-state index contributed by atoms with van der Waals surface area (Å²) < 4.78 is 12.9. The lowest BCUT2D eigenvalue weighted by Gasteiger charge is -2.39. The van der Waals surface area contributed by atoms with Gasteiger partial charge < -0.3 is 14.5 Å². The lowest BCUT2D eigenvalue weighted by Crippen LogP contribution is -2.44. The zero-order valence-electron chi connectivity index (χ0n) is 16.7. The fourth-order valence-electron chi connectivity index (χ4n) is 1.93. The number of halogens is 1. The van der Waals surface area contributed by atoms with Crippen LogP contribution < -0.4 is 5.32 Å². The van der Waals surface area contributed by atoms with Gasteiger partial charge in [0.25, 0.3) is 0 Å². The summed E-state index contributed by atoms with van der Waals surface area (Å²) in [5, 5.41) is 2.94. The normalized spacial score (nSPS) is 14.1. The number of rotatable bonds is 5. The first-order chi connectivity index (χ1) is 11.2. The fourth-order valence-corrected chi connectivity index (χ4v) is 3.48. The highest BCUT2D eigenvalue weighted by Gasteiger charge is 2.39. The molecule has 1 N–H and O–H groups in total. The Morgan fingerprint density at radius 2 is 1.64 bits per heavy atom. The number of nitrogens with one attached hydrogen (secondary N) is 1. The Hall–Kier alpha value is -0.853. The molecule has 0 aliphatic heterocycles. The van der Waals surface area contributed by atoms with E-state index in [-0.39, 0.29) is 11.1 Å². The highest BCUT2D eigenvalue weighted by atomic mass is 79.9. The van der Waals surface area contributed by atoms with E-state index in [0.717, 1.165) is 10.0 Å². The minimum Gasteiger partial charge on any atom is -0.444 e. The zero-order valence-corrected chi connectivity index (χ0v) is 19.3. The third kappa shape index (κ3) is 7.50. The summed E-state index contributed by atoms with van der Waals surface area (Å²) in [6.07, 6.45) is -0.630. The van der Waals surface area contributed by atoms with E-state index < -0.39 is 20.0 Å². The van der Waals surface area contributed by atoms with E-state index in [1.807, 2.05) is 45.0 Å². The van der Waals surface area contributed by atoms with Crippen molar-refractivity contribution >= 4 is 30.3 Å². The summed E-state index contributed by atoms with van der Waals surface area (Å²) >= 11 is 3.46. The molecule has 0 spiro atoms. The summed E-state index contributed by atoms with van der Waals surface area (Å²) in [5.74, 6) is 0. The molecule has 0 fully saturated rings. The van der Waals surface area contributed by atoms with E-state index in [2.05, 4.69) is 55.1 Å². The van der Waals surface area contributed by atoms with Crippen molar-refractivity contribution in [3.05, 3.63) is 34.3 Å². The van der Waals surface area contributed by atoms with Gasteiger partial charge >= 0.3 is 6.09 Å². The molecule has 0 saturated carbocycles. The van der Waals surface area contributed by atoms with Crippen molar-refractivity contribution in [1.29, 1.82) is 0 Å². The van der Waals surface area contributed by atoms with Crippen molar-refractivity contribution in [2.45, 2.75) is 71.4 Å². The van der Waals surface area contributed by atoms with Gasteiger partial charge in [-0.05, 0) is 56.6 Å². The highest BCUT2D eigenvalue weighted by molar-refractivity contribution is 9.10. The number of ether oxygens (including phenoxy) is 1. The van der Waals surface area contributed by atoms with Gasteiger partial charge in [0, 0.05) is 4.47 Å². The molecular weight excluding hydrogens is 398 g/mol. The van der Waals surface area contributed by atoms with Crippen LogP contribution in [0.1, 0.15) is 53.2 Å². The molecule has 1 aromatic rings. The van der Waals surface area contributed by atoms with Gasteiger partial charge in [-0.1, -0.05) is 48.8 Å². The van der Waals surface area contributed by atoms with Gasteiger partial charge in [0.05, 0.1) is 12.6 Å². The number of carbonyl (C=O) groups excluding carboxylic acids is 1. The molecule has 142 valence electrons. The van der Waals surface area contributed by atoms with Gasteiger partial charge in [0.1, 0.15) is 5.60 Å². The minimum atomic E-state index is -1.99. The molecule has 1 atom stereocenters. The van der Waals surface area contributed by atoms with Gasteiger partial charge in [0.2, 0.25) is 0 Å². The van der Waals surface area contributed by atoms with Crippen LogP contribution in [-0.2, 0) is 9.16 Å². The summed E-state index contributed by atoms with van der Waals surface area (Å²) in [6, 6.07) is 8.03. The molecular formula is C19H32BrNO3Si. The minimum absolute atomic E-state index is 0.0898. The van der Waals surface area contributed by atoms with Gasteiger partial charge in [-0.25, -0.2) is 4.79 Å². The number of hydrogen-bond acceptors (Lipinski definition) is 3. The molecule has 0 heterocycles. The van der Waals surface area contributed by atoms with Crippen LogP contribution in [0.4, 0.5) is 4.79 Å². The van der Waals surface area contributed by atoms with Gasteiger partial charge in [-0.2, -0.15) is 0 Å². The Morgan fingerprint density at radius 1 is 1.12 bits per heavy atom. The fraction of sp³-hybridized carbons (Fsp3) is 0.632. The maximum Gasteiger partial charge on any atom is 0.407 e. The predicted octanol–water partition coefficient (Wildman–Crippen LogP) is 6.04. The van der Waals surface area contributed by atoms with Crippen LogP contribution in [0.5, 0.6) is 0 Å². The summed E-state index contributed by atoms with van der Waals surface area (Å²) in [6.45, 7) is 17.0. The van der Waals surface area contributed by atoms with Crippen molar-refractivity contribution in [2.75, 3.05) is 6.54 Å². The molecule has 0 bridgehead atoms. The molecule has 6 heteroatoms. The molecule has 0 aliphatic carbocycles. The van der Waals surface area contributed by atoms with E-state index in [9.17, 15) is 4.79 Å². The molecule has 1 unspecified atom stereocenters. The number of amides is 1. The van der Waals surface area contributed by atoms with Crippen LogP contribution in [0.3, 0.4) is 0 Å². The molecule has 4 nitrogen and oxygen atoms in total. The van der Waals surface area contributed by atoms with E-state index in [0.29, 0.717) is 6.54 Å². The smallest absolute Gasteiger partial charge is 0.407 e. The Balaban J connectivity index is 2.93. The quantitative estimate of drug-likeness (QED) is 0.580. The number of hydrogen-bond donors (Lipinski definition) is 1. The molecule has 1 rings (SSSR count). The van der Waals surface area contributed by atoms with Gasteiger partial charge in [-0.15, -0.1) is 0 Å². The van der Waals surface area contributed by atoms with Crippen LogP contribution in [0.2, 0.25) is 18.1 Å². The SMILES string of the molecule is CC(C)(C)OC(=O)NCC(O[Si](C)(C)C(C)(C)C)c1ccc(Br)cc1. The number of benzene rings is 1. The molecule has 0 radical (unpaired) electrons. The van der Waals surface area contributed by atoms with Crippen LogP contribution >= 0.6 is 15.9 Å². The molecule has 1 aromatic carbocycles. The Bertz CT molecular complexity index is 574. The Kier molecular flexibility index (Phi) is 7.30. The second-order valence-electron chi connectivity index (χ2n) is 8.80. The maximum atomic E-state index is 12.0. The Morgan fingerprint density at radius 3 is 2.08 bits per heavy atom. The van der Waals surface area contributed by atoms with Gasteiger partial charge in [0.15, 0.2) is 8.32 Å². The average molecular weight is 430 g/mol. The van der Waals surface area contributed by atoms with E-state index >= 15 is 0 Å². The highest BCUT2D eigenvalue weighted by Crippen LogP contribution is 2.39. The van der Waals surface area contributed by atoms with Crippen LogP contribution in [0, 0.1) is 0 Å². The third-order valence-electron chi connectivity index (χ3n) is 4.32. The van der Waals surface area contributed by atoms with E-state index in [1.54, 1.807) is 0 Å². The van der Waals surface area contributed by atoms with Crippen molar-refractivity contribution in [1.82, 2.24) is 5.32 Å². The van der Waals surface area contributed by atoms with Crippen molar-refractivity contribution in [2.24, 2.45) is 0 Å². The van der Waals surface area contributed by atoms with Crippen molar-refractivity contribution in [3.63, 3.8) is 0 Å². The summed E-state index contributed by atoms with van der Waals surface area (Å²) in [7, 11) is -1.99. The number of carbonyl (C=O) groups is 1. The first-order valence-corrected chi connectivity index (χ1v) is 12.3. The third-order valence-corrected chi connectivity index (χ3v) is 9.33. The molecule has 1 amide bonds. The Labute approximate surface area is 161 Å². The van der Waals surface area contributed by atoms with Crippen molar-refractivity contribution in [3.8, 4) is 0 Å². The standard InChI is InChI=1S/C19H32BrNO3Si/c1-18(2,3)23-17(22)21-13-16(14-9-11-15(20)12-10-14)24-25(7,8)19(4,5)6/h9-12,16H,13H2,1-8H3,(H,21,22). The molecule has 0 aliphatic rings. The first-order valence-electron chi connectivity index (χ1n) is 8.61. The second kappa shape index (κ2) is 8.23. The molecule has 0 aromatic heterocycles. The zero-order chi connectivity index (χ0) is 19.5. The van der Waals surface area contributed by atoms with E-state index in [4.69, 9.17) is 9.16 Å². The lowest BCUT2D eigenvalue weighted by molar-refractivity contribution is 0.0496. The van der Waals surface area contributed by atoms with Crippen molar-refractivity contribution < 1.29 is 14.0 Å². The van der Waals surface area contributed by atoms with Crippen LogP contribution in [-0.4, -0.2) is 26.6 Å². The largest absolute Gasteiger partial charge is 0.444 e. The predicted molar refractivity (Wildman–Crippen MR) is 109 cm³/mol. The topological polar surface area (TPSA) is 47.6 Å². The summed E-state index contributed by atoms with van der Waals surface area (Å²) in [4.78, 5) is 12.0. The first kappa shape index (κ1) is 22.2. The second-order valence-corrected chi connectivity index (χ2v) is 14.5. The average Bonchev–Trinajstić information content (AvgIpc) is 2.41. The van der Waals surface area contributed by atoms with E-state index in [1.165, 1.54) is 0 Å². The molecule has 0 saturated heterocycles. The monoisotopic (exact) mass is 429 g/mol. The lowest BCUT2D eigenvalue weighted by atomic mass is 10.1. The van der Waals surface area contributed by atoms with Crippen LogP contribution in [0.15, 0.2) is 28.7 Å². The number of alkyl carbamates (subject to hydrolysis) is 1. The van der Waals surface area contributed by atoms with Gasteiger partial charge in [-0.3, -0.25) is 0 Å². The maximum absolute atomic E-state index is 12.0. The molecule has 25 heavy (non-hydrogen) atoms. The summed E-state index contributed by atoms with van der Waals surface area (Å²) in [5.41, 5.74) is 0.529.